The highest BCUT2D eigenvalue weighted by Gasteiger charge is 2.34. The fraction of sp³-hybridized carbons (Fsp3) is 0.261. The number of thiophene rings is 1. The van der Waals surface area contributed by atoms with Crippen LogP contribution in [0.4, 0.5) is 4.39 Å². The van der Waals surface area contributed by atoms with Gasteiger partial charge in [-0.3, -0.25) is 9.36 Å². The molecule has 1 aliphatic rings. The smallest absolute Gasteiger partial charge is 0.338 e. The molecule has 1 aliphatic heterocycles. The number of fused-ring (bicyclic) bond motifs is 1. The lowest BCUT2D eigenvalue weighted by Gasteiger charge is -2.23. The standard InChI is InChI=1S/C23H21FN2O3S2/c1-13(2)12-29-22(28)19-14(3)25-23-26(20(19)17-5-4-10-30-17)21(27)18(31-23)11-15-6-8-16(24)9-7-15/h4-11,13,20H,12H2,1-3H3/b18-11-. The number of hydrogen-bond donors (Lipinski definition) is 0. The van der Waals surface area contributed by atoms with Crippen LogP contribution < -0.4 is 14.9 Å². The first-order valence-corrected chi connectivity index (χ1v) is 11.5. The second-order valence-corrected chi connectivity index (χ2v) is 9.63. The predicted octanol–water partition coefficient (Wildman–Crippen LogP) is 3.64. The number of carbonyl (C=O) groups is 1. The average molecular weight is 457 g/mol. The normalized spacial score (nSPS) is 16.4. The lowest BCUT2D eigenvalue weighted by Crippen LogP contribution is -2.39. The van der Waals surface area contributed by atoms with E-state index in [1.807, 2.05) is 31.4 Å². The van der Waals surface area contributed by atoms with Gasteiger partial charge in [-0.05, 0) is 48.1 Å². The van der Waals surface area contributed by atoms with Crippen LogP contribution in [0.5, 0.6) is 0 Å². The van der Waals surface area contributed by atoms with Crippen molar-refractivity contribution in [2.45, 2.75) is 26.8 Å². The van der Waals surface area contributed by atoms with Gasteiger partial charge in [0.25, 0.3) is 5.56 Å². The number of ether oxygens (including phenoxy) is 1. The van der Waals surface area contributed by atoms with Crippen LogP contribution >= 0.6 is 22.7 Å². The maximum absolute atomic E-state index is 13.4. The first kappa shape index (κ1) is 21.4. The highest BCUT2D eigenvalue weighted by atomic mass is 32.1. The molecule has 8 heteroatoms. The van der Waals surface area contributed by atoms with Crippen LogP contribution in [0.2, 0.25) is 0 Å². The summed E-state index contributed by atoms with van der Waals surface area (Å²) in [5.41, 5.74) is 1.39. The average Bonchev–Trinajstić information content (AvgIpc) is 3.36. The van der Waals surface area contributed by atoms with Crippen LogP contribution in [0.3, 0.4) is 0 Å². The second kappa shape index (κ2) is 8.72. The van der Waals surface area contributed by atoms with Gasteiger partial charge in [0.1, 0.15) is 11.9 Å². The Morgan fingerprint density at radius 3 is 2.68 bits per heavy atom. The van der Waals surface area contributed by atoms with Crippen molar-refractivity contribution in [1.29, 1.82) is 0 Å². The van der Waals surface area contributed by atoms with Crippen LogP contribution in [0, 0.1) is 11.7 Å². The number of benzene rings is 1. The highest BCUT2D eigenvalue weighted by molar-refractivity contribution is 7.10. The fourth-order valence-corrected chi connectivity index (χ4v) is 5.20. The number of thiazole rings is 1. The summed E-state index contributed by atoms with van der Waals surface area (Å²) in [6.45, 7) is 6.00. The molecule has 0 fully saturated rings. The third-order valence-electron chi connectivity index (χ3n) is 4.77. The Morgan fingerprint density at radius 1 is 1.29 bits per heavy atom. The van der Waals surface area contributed by atoms with Crippen molar-refractivity contribution in [1.82, 2.24) is 4.57 Å². The fourth-order valence-electron chi connectivity index (χ4n) is 3.33. The molecule has 1 unspecified atom stereocenters. The minimum atomic E-state index is -0.591. The van der Waals surface area contributed by atoms with Crippen molar-refractivity contribution >= 4 is 34.7 Å². The largest absolute Gasteiger partial charge is 0.462 e. The van der Waals surface area contributed by atoms with Gasteiger partial charge in [0.05, 0.1) is 22.4 Å². The Bertz CT molecular complexity index is 1320. The van der Waals surface area contributed by atoms with Crippen molar-refractivity contribution < 1.29 is 13.9 Å². The van der Waals surface area contributed by atoms with Gasteiger partial charge < -0.3 is 4.74 Å². The van der Waals surface area contributed by atoms with Gasteiger partial charge in [0.15, 0.2) is 4.80 Å². The third-order valence-corrected chi connectivity index (χ3v) is 6.68. The van der Waals surface area contributed by atoms with E-state index in [9.17, 15) is 14.0 Å². The number of carbonyl (C=O) groups excluding carboxylic acids is 1. The van der Waals surface area contributed by atoms with Crippen molar-refractivity contribution in [3.63, 3.8) is 0 Å². The van der Waals surface area contributed by atoms with E-state index in [0.29, 0.717) is 32.8 Å². The van der Waals surface area contributed by atoms with Crippen molar-refractivity contribution in [3.8, 4) is 0 Å². The summed E-state index contributed by atoms with van der Waals surface area (Å²) in [6, 6.07) is 9.14. The van der Waals surface area contributed by atoms with E-state index >= 15 is 0 Å². The maximum atomic E-state index is 13.4. The van der Waals surface area contributed by atoms with E-state index in [1.54, 1.807) is 29.7 Å². The van der Waals surface area contributed by atoms with Crippen molar-refractivity contribution in [2.24, 2.45) is 10.9 Å². The Hall–Kier alpha value is -2.84. The van der Waals surface area contributed by atoms with Gasteiger partial charge >= 0.3 is 5.97 Å². The van der Waals surface area contributed by atoms with E-state index in [-0.39, 0.29) is 17.3 Å². The van der Waals surface area contributed by atoms with Gasteiger partial charge in [-0.25, -0.2) is 14.2 Å². The Kier molecular flexibility index (Phi) is 6.02. The number of hydrogen-bond acceptors (Lipinski definition) is 6. The quantitative estimate of drug-likeness (QED) is 0.551. The maximum Gasteiger partial charge on any atom is 0.338 e. The molecule has 3 aromatic rings. The van der Waals surface area contributed by atoms with Gasteiger partial charge in [0.2, 0.25) is 0 Å². The van der Waals surface area contributed by atoms with Crippen LogP contribution in [0.15, 0.2) is 62.8 Å². The summed E-state index contributed by atoms with van der Waals surface area (Å²) in [7, 11) is 0. The molecule has 0 radical (unpaired) electrons. The van der Waals surface area contributed by atoms with Crippen molar-refractivity contribution in [2.75, 3.05) is 6.61 Å². The molecule has 31 heavy (non-hydrogen) atoms. The second-order valence-electron chi connectivity index (χ2n) is 7.64. The van der Waals surface area contributed by atoms with Crippen LogP contribution in [-0.4, -0.2) is 17.1 Å². The van der Waals surface area contributed by atoms with E-state index in [1.165, 1.54) is 34.8 Å². The van der Waals surface area contributed by atoms with E-state index in [4.69, 9.17) is 4.74 Å². The number of halogens is 1. The zero-order valence-electron chi connectivity index (χ0n) is 17.3. The molecule has 3 heterocycles. The minimum Gasteiger partial charge on any atom is -0.462 e. The molecular formula is C23H21FN2O3S2. The SMILES string of the molecule is CC1=C(C(=O)OCC(C)C)C(c2cccs2)n2c(s/c(=C\c3ccc(F)cc3)c2=O)=N1. The summed E-state index contributed by atoms with van der Waals surface area (Å²) < 4.78 is 20.8. The van der Waals surface area contributed by atoms with E-state index in [0.717, 1.165) is 4.88 Å². The number of allylic oxidation sites excluding steroid dienone is 1. The molecule has 4 rings (SSSR count). The van der Waals surface area contributed by atoms with Gasteiger partial charge in [-0.15, -0.1) is 11.3 Å². The lowest BCUT2D eigenvalue weighted by molar-refractivity contribution is -0.140. The molecule has 0 saturated heterocycles. The summed E-state index contributed by atoms with van der Waals surface area (Å²) in [6.07, 6.45) is 1.71. The molecule has 0 amide bonds. The summed E-state index contributed by atoms with van der Waals surface area (Å²) in [5, 5.41) is 1.91. The number of esters is 1. The molecule has 160 valence electrons. The molecule has 0 saturated carbocycles. The molecule has 0 N–H and O–H groups in total. The highest BCUT2D eigenvalue weighted by Crippen LogP contribution is 2.33. The molecule has 0 bridgehead atoms. The molecule has 0 aliphatic carbocycles. The summed E-state index contributed by atoms with van der Waals surface area (Å²) in [5.74, 6) is -0.598. The molecule has 0 spiro atoms. The molecule has 2 aromatic heterocycles. The van der Waals surface area contributed by atoms with Crippen LogP contribution in [0.1, 0.15) is 37.3 Å². The van der Waals surface area contributed by atoms with Gasteiger partial charge in [-0.1, -0.05) is 43.4 Å². The lowest BCUT2D eigenvalue weighted by atomic mass is 10.0. The Labute approximate surface area is 186 Å². The van der Waals surface area contributed by atoms with E-state index in [2.05, 4.69) is 4.99 Å². The topological polar surface area (TPSA) is 60.7 Å². The van der Waals surface area contributed by atoms with Crippen LogP contribution in [-0.2, 0) is 9.53 Å². The Balaban J connectivity index is 1.86. The van der Waals surface area contributed by atoms with Gasteiger partial charge in [-0.2, -0.15) is 0 Å². The monoisotopic (exact) mass is 456 g/mol. The number of nitrogens with zero attached hydrogens (tertiary/aromatic N) is 2. The van der Waals surface area contributed by atoms with Crippen LogP contribution in [0.25, 0.3) is 6.08 Å². The zero-order valence-corrected chi connectivity index (χ0v) is 18.9. The molecule has 5 nitrogen and oxygen atoms in total. The first-order valence-electron chi connectivity index (χ1n) is 9.84. The molecule has 1 aromatic carbocycles. The summed E-state index contributed by atoms with van der Waals surface area (Å²) in [4.78, 5) is 32.3. The van der Waals surface area contributed by atoms with Crippen molar-refractivity contribution in [3.05, 3.63) is 89.0 Å². The number of aromatic nitrogens is 1. The minimum absolute atomic E-state index is 0.196. The predicted molar refractivity (Wildman–Crippen MR) is 120 cm³/mol. The summed E-state index contributed by atoms with van der Waals surface area (Å²) >= 11 is 2.72. The van der Waals surface area contributed by atoms with Gasteiger partial charge in [0, 0.05) is 4.88 Å². The first-order chi connectivity index (χ1) is 14.8. The third kappa shape index (κ3) is 4.31. The zero-order chi connectivity index (χ0) is 22.1. The van der Waals surface area contributed by atoms with E-state index < -0.39 is 12.0 Å². The molecule has 1 atom stereocenters. The molecular weight excluding hydrogens is 435 g/mol. The number of rotatable bonds is 5. The Morgan fingerprint density at radius 2 is 2.03 bits per heavy atom.